The van der Waals surface area contributed by atoms with Gasteiger partial charge in [0.2, 0.25) is 0 Å². The summed E-state index contributed by atoms with van der Waals surface area (Å²) in [5.41, 5.74) is 7.41. The van der Waals surface area contributed by atoms with Gasteiger partial charge in [0.15, 0.2) is 10.9 Å². The molecular weight excluding hydrogens is 527 g/mol. The van der Waals surface area contributed by atoms with Gasteiger partial charge in [-0.25, -0.2) is 8.78 Å². The molecule has 12 heteroatoms. The first-order valence-electron chi connectivity index (χ1n) is 11.2. The van der Waals surface area contributed by atoms with Crippen LogP contribution in [0.3, 0.4) is 0 Å². The fourth-order valence-corrected chi connectivity index (χ4v) is 4.25. The van der Waals surface area contributed by atoms with Gasteiger partial charge in [-0.2, -0.15) is 5.10 Å². The number of nitrogens with zero attached hydrogens (tertiary/aromatic N) is 2. The molecule has 5 rings (SSSR count). The van der Waals surface area contributed by atoms with E-state index in [1.54, 1.807) is 6.21 Å². The Kier molecular flexibility index (Phi) is 6.81. The monoisotopic (exact) mass is 544 g/mol. The van der Waals surface area contributed by atoms with Gasteiger partial charge in [0.1, 0.15) is 23.1 Å². The summed E-state index contributed by atoms with van der Waals surface area (Å²) < 4.78 is 73.5. The molecule has 38 heavy (non-hydrogen) atoms. The molecule has 1 aliphatic rings. The highest BCUT2D eigenvalue weighted by Crippen LogP contribution is 2.39. The average Bonchev–Trinajstić information content (AvgIpc) is 3.30. The third kappa shape index (κ3) is 5.65. The van der Waals surface area contributed by atoms with Crippen molar-refractivity contribution < 1.29 is 31.2 Å². The third-order valence-electron chi connectivity index (χ3n) is 5.73. The average molecular weight is 545 g/mol. The molecule has 1 heterocycles. The van der Waals surface area contributed by atoms with Gasteiger partial charge in [-0.05, 0) is 78.7 Å². The number of rotatable bonds is 5. The first-order valence-corrected chi connectivity index (χ1v) is 11.6. The molecule has 4 aromatic rings. The van der Waals surface area contributed by atoms with Crippen molar-refractivity contribution >= 4 is 29.2 Å². The molecule has 0 saturated heterocycles. The van der Waals surface area contributed by atoms with Crippen LogP contribution < -0.4 is 15.5 Å². The molecule has 0 saturated carbocycles. The Balaban J connectivity index is 1.27. The molecular formula is C26H17F5N4O2S. The van der Waals surface area contributed by atoms with E-state index in [-0.39, 0.29) is 16.5 Å². The highest BCUT2D eigenvalue weighted by atomic mass is 32.1. The zero-order chi connectivity index (χ0) is 26.9. The molecule has 6 nitrogen and oxygen atoms in total. The van der Waals surface area contributed by atoms with E-state index in [4.69, 9.17) is 16.7 Å². The van der Waals surface area contributed by atoms with E-state index in [9.17, 15) is 22.0 Å². The number of ether oxygens (including phenoxy) is 1. The number of thiocarbonyl (C=S) groups is 1. The lowest BCUT2D eigenvalue weighted by Crippen LogP contribution is -2.24. The van der Waals surface area contributed by atoms with Gasteiger partial charge in [0.25, 0.3) is 0 Å². The van der Waals surface area contributed by atoms with Gasteiger partial charge in [0, 0.05) is 22.8 Å². The maximum absolute atomic E-state index is 13.7. The summed E-state index contributed by atoms with van der Waals surface area (Å²) in [6.07, 6.45) is -1.91. The van der Waals surface area contributed by atoms with E-state index in [1.165, 1.54) is 30.3 Å². The zero-order valence-corrected chi connectivity index (χ0v) is 20.1. The Labute approximate surface area is 218 Å². The van der Waals surface area contributed by atoms with E-state index in [2.05, 4.69) is 25.7 Å². The SMILES string of the molecule is Fc1ccc(NC(=S)N/N=C/c2ccc3c(c2)CCc2c-3noc2-c2ccc(OC(F)(F)F)cc2)c(F)c1. The van der Waals surface area contributed by atoms with Crippen molar-refractivity contribution in [1.29, 1.82) is 0 Å². The Bertz CT molecular complexity index is 1530. The first kappa shape index (κ1) is 25.3. The van der Waals surface area contributed by atoms with Crippen LogP contribution in [0.1, 0.15) is 16.7 Å². The summed E-state index contributed by atoms with van der Waals surface area (Å²) >= 11 is 5.09. The minimum absolute atomic E-state index is 0.0150. The smallest absolute Gasteiger partial charge is 0.406 e. The van der Waals surface area contributed by atoms with Gasteiger partial charge in [-0.1, -0.05) is 17.3 Å². The molecule has 0 radical (unpaired) electrons. The molecule has 0 spiro atoms. The van der Waals surface area contributed by atoms with Gasteiger partial charge in [0.05, 0.1) is 11.9 Å². The molecule has 1 aliphatic carbocycles. The van der Waals surface area contributed by atoms with Crippen molar-refractivity contribution in [3.63, 3.8) is 0 Å². The fourth-order valence-electron chi connectivity index (χ4n) is 4.09. The van der Waals surface area contributed by atoms with Crippen molar-refractivity contribution in [3.05, 3.63) is 89.0 Å². The number of fused-ring (bicyclic) bond motifs is 3. The third-order valence-corrected chi connectivity index (χ3v) is 5.92. The molecule has 3 aromatic carbocycles. The van der Waals surface area contributed by atoms with E-state index < -0.39 is 18.0 Å². The van der Waals surface area contributed by atoms with Crippen molar-refractivity contribution in [2.45, 2.75) is 19.2 Å². The number of nitrogens with one attached hydrogen (secondary N) is 2. The summed E-state index contributed by atoms with van der Waals surface area (Å²) in [4.78, 5) is 0. The minimum atomic E-state index is -4.76. The molecule has 0 bridgehead atoms. The summed E-state index contributed by atoms with van der Waals surface area (Å²) in [6.45, 7) is 0. The van der Waals surface area contributed by atoms with E-state index in [1.807, 2.05) is 18.2 Å². The normalized spacial score (nSPS) is 12.7. The second kappa shape index (κ2) is 10.2. The lowest BCUT2D eigenvalue weighted by molar-refractivity contribution is -0.274. The topological polar surface area (TPSA) is 71.7 Å². The van der Waals surface area contributed by atoms with Crippen LogP contribution >= 0.6 is 12.2 Å². The maximum atomic E-state index is 13.7. The minimum Gasteiger partial charge on any atom is -0.406 e. The van der Waals surface area contributed by atoms with Gasteiger partial charge in [-0.3, -0.25) is 5.43 Å². The predicted molar refractivity (Wildman–Crippen MR) is 135 cm³/mol. The van der Waals surface area contributed by atoms with Crippen LogP contribution in [0.2, 0.25) is 0 Å². The van der Waals surface area contributed by atoms with Crippen molar-refractivity contribution in [2.75, 3.05) is 5.32 Å². The van der Waals surface area contributed by atoms with E-state index in [0.29, 0.717) is 29.9 Å². The number of anilines is 1. The van der Waals surface area contributed by atoms with Crippen molar-refractivity contribution in [1.82, 2.24) is 10.6 Å². The molecule has 194 valence electrons. The number of halogens is 5. The zero-order valence-electron chi connectivity index (χ0n) is 19.3. The Morgan fingerprint density at radius 3 is 2.55 bits per heavy atom. The van der Waals surface area contributed by atoms with E-state index in [0.717, 1.165) is 34.4 Å². The van der Waals surface area contributed by atoms with Crippen LogP contribution in [0.25, 0.3) is 22.6 Å². The first-order chi connectivity index (χ1) is 18.2. The van der Waals surface area contributed by atoms with E-state index >= 15 is 0 Å². The van der Waals surface area contributed by atoms with Crippen molar-refractivity contribution in [3.8, 4) is 28.3 Å². The number of hydrazone groups is 1. The lowest BCUT2D eigenvalue weighted by Gasteiger charge is -2.16. The van der Waals surface area contributed by atoms with Gasteiger partial charge < -0.3 is 14.6 Å². The number of alkyl halides is 3. The lowest BCUT2D eigenvalue weighted by atomic mass is 9.87. The number of hydrogen-bond acceptors (Lipinski definition) is 5. The molecule has 0 aliphatic heterocycles. The molecule has 0 amide bonds. The van der Waals surface area contributed by atoms with Crippen LogP contribution in [0, 0.1) is 11.6 Å². The fraction of sp³-hybridized carbons (Fsp3) is 0.115. The number of aromatic nitrogens is 1. The highest BCUT2D eigenvalue weighted by Gasteiger charge is 2.31. The van der Waals surface area contributed by atoms with Crippen LogP contribution in [-0.4, -0.2) is 22.8 Å². The Morgan fingerprint density at radius 2 is 1.82 bits per heavy atom. The molecule has 0 fully saturated rings. The largest absolute Gasteiger partial charge is 0.573 e. The highest BCUT2D eigenvalue weighted by molar-refractivity contribution is 7.80. The summed E-state index contributed by atoms with van der Waals surface area (Å²) in [7, 11) is 0. The second-order valence-corrected chi connectivity index (χ2v) is 8.68. The standard InChI is InChI=1S/C26H17F5N4O2S/c27-17-5-10-22(21(28)12-17)33-25(38)34-32-13-14-1-8-19-16(11-14)4-9-20-23(19)35-37-24(20)15-2-6-18(7-3-15)36-26(29,30)31/h1-3,5-8,10-13H,4,9H2,(H2,33,34,38)/b32-13+. The summed E-state index contributed by atoms with van der Waals surface area (Å²) in [6, 6.07) is 14.2. The van der Waals surface area contributed by atoms with Crippen LogP contribution in [0.5, 0.6) is 5.75 Å². The van der Waals surface area contributed by atoms with Gasteiger partial charge in [-0.15, -0.1) is 13.2 Å². The number of hydrogen-bond donors (Lipinski definition) is 2. The quantitative estimate of drug-likeness (QED) is 0.128. The molecule has 0 atom stereocenters. The Morgan fingerprint density at radius 1 is 1.03 bits per heavy atom. The summed E-state index contributed by atoms with van der Waals surface area (Å²) in [5.74, 6) is -1.30. The Hall–Kier alpha value is -4.32. The molecule has 0 unspecified atom stereocenters. The molecule has 1 aromatic heterocycles. The van der Waals surface area contributed by atoms with Crippen molar-refractivity contribution in [2.24, 2.45) is 5.10 Å². The van der Waals surface area contributed by atoms with Crippen LogP contribution in [0.15, 0.2) is 70.3 Å². The van der Waals surface area contributed by atoms with Crippen LogP contribution in [0.4, 0.5) is 27.6 Å². The number of aryl methyl sites for hydroxylation is 1. The maximum Gasteiger partial charge on any atom is 0.573 e. The second-order valence-electron chi connectivity index (χ2n) is 8.28. The van der Waals surface area contributed by atoms with Gasteiger partial charge >= 0.3 is 6.36 Å². The molecule has 2 N–H and O–H groups in total. The van der Waals surface area contributed by atoms with Crippen LogP contribution in [-0.2, 0) is 12.8 Å². The number of benzene rings is 3. The summed E-state index contributed by atoms with van der Waals surface area (Å²) in [5, 5.41) is 10.9. The predicted octanol–water partition coefficient (Wildman–Crippen LogP) is 6.60.